The Bertz CT molecular complexity index is 1350. The van der Waals surface area contributed by atoms with Gasteiger partial charge >= 0.3 is 0 Å². The number of imidazole rings is 1. The topological polar surface area (TPSA) is 93.9 Å². The smallest absolute Gasteiger partial charge is 0.272 e. The fourth-order valence-electron chi connectivity index (χ4n) is 4.73. The summed E-state index contributed by atoms with van der Waals surface area (Å²) in [7, 11) is 0. The summed E-state index contributed by atoms with van der Waals surface area (Å²) in [4.78, 5) is 38.4. The fourth-order valence-corrected chi connectivity index (χ4v) is 4.91. The van der Waals surface area contributed by atoms with Crippen LogP contribution in [0.4, 0.5) is 5.69 Å². The third kappa shape index (κ3) is 4.56. The highest BCUT2D eigenvalue weighted by Crippen LogP contribution is 2.37. The van der Waals surface area contributed by atoms with Crippen LogP contribution in [0, 0.1) is 5.92 Å². The van der Waals surface area contributed by atoms with E-state index in [4.69, 9.17) is 11.6 Å². The number of carbonyl (C=O) groups is 1. The van der Waals surface area contributed by atoms with Gasteiger partial charge in [0.2, 0.25) is 5.91 Å². The van der Waals surface area contributed by atoms with Gasteiger partial charge in [-0.2, -0.15) is 0 Å². The zero-order chi connectivity index (χ0) is 23.5. The molecular formula is C26H26ClN5O2. The number of rotatable bonds is 6. The number of anilines is 1. The Morgan fingerprint density at radius 2 is 2.06 bits per heavy atom. The largest absolute Gasteiger partial charge is 0.366 e. The lowest BCUT2D eigenvalue weighted by Crippen LogP contribution is -2.45. The number of aromatic nitrogens is 3. The normalized spacial score (nSPS) is 16.0. The van der Waals surface area contributed by atoms with Crippen LogP contribution < -0.4 is 15.8 Å². The van der Waals surface area contributed by atoms with E-state index in [-0.39, 0.29) is 17.4 Å². The number of aromatic amines is 2. The second-order valence-electron chi connectivity index (χ2n) is 8.64. The molecule has 4 aromatic rings. The second kappa shape index (κ2) is 9.73. The Hall–Kier alpha value is -3.58. The quantitative estimate of drug-likeness (QED) is 0.390. The van der Waals surface area contributed by atoms with Crippen molar-refractivity contribution >= 4 is 34.1 Å². The lowest BCUT2D eigenvalue weighted by atomic mass is 9.94. The first-order chi connectivity index (χ1) is 16.6. The van der Waals surface area contributed by atoms with E-state index in [2.05, 4.69) is 25.2 Å². The molecule has 0 aliphatic carbocycles. The lowest BCUT2D eigenvalue weighted by molar-refractivity contribution is -0.125. The molecule has 1 amide bonds. The van der Waals surface area contributed by atoms with Crippen LogP contribution in [-0.4, -0.2) is 40.5 Å². The molecule has 2 aromatic heterocycles. The molecular weight excluding hydrogens is 450 g/mol. The van der Waals surface area contributed by atoms with Gasteiger partial charge in [-0.25, -0.2) is 4.98 Å². The molecule has 0 radical (unpaired) electrons. The number of halogens is 1. The number of benzene rings is 2. The minimum absolute atomic E-state index is 0.0192. The Morgan fingerprint density at radius 1 is 1.21 bits per heavy atom. The molecule has 1 atom stereocenters. The van der Waals surface area contributed by atoms with Crippen molar-refractivity contribution < 1.29 is 4.79 Å². The van der Waals surface area contributed by atoms with Crippen molar-refractivity contribution in [1.29, 1.82) is 0 Å². The van der Waals surface area contributed by atoms with Crippen molar-refractivity contribution in [2.24, 2.45) is 5.92 Å². The number of nitrogens with zero attached hydrogens (tertiary/aromatic N) is 2. The first-order valence-electron chi connectivity index (χ1n) is 11.5. The SMILES string of the molecule is O=C(NCCc1cnc[nH]1)C1CCCN(c2c(-c3ccccc3)c3cc(Cl)ccc3[nH]c2=O)C1. The standard InChI is InChI=1S/C26H26ClN5O2/c27-19-8-9-22-21(13-19)23(17-5-2-1-3-6-17)24(26(34)31-22)32-12-4-7-18(15-32)25(33)29-11-10-20-14-28-16-30-20/h1-3,5-6,8-9,13-14,16,18H,4,7,10-12,15H2,(H,28,30)(H,29,33)(H,31,34). The minimum Gasteiger partial charge on any atom is -0.366 e. The van der Waals surface area contributed by atoms with E-state index >= 15 is 0 Å². The van der Waals surface area contributed by atoms with E-state index in [0.717, 1.165) is 40.6 Å². The predicted molar refractivity (Wildman–Crippen MR) is 135 cm³/mol. The fraction of sp³-hybridized carbons (Fsp3) is 0.269. The van der Waals surface area contributed by atoms with Crippen molar-refractivity contribution in [3.63, 3.8) is 0 Å². The highest BCUT2D eigenvalue weighted by molar-refractivity contribution is 6.31. The van der Waals surface area contributed by atoms with Gasteiger partial charge in [-0.1, -0.05) is 41.9 Å². The summed E-state index contributed by atoms with van der Waals surface area (Å²) in [6.45, 7) is 1.75. The predicted octanol–water partition coefficient (Wildman–Crippen LogP) is 4.15. The Balaban J connectivity index is 1.45. The molecule has 174 valence electrons. The van der Waals surface area contributed by atoms with Gasteiger partial charge in [0.05, 0.1) is 12.2 Å². The van der Waals surface area contributed by atoms with Crippen LogP contribution >= 0.6 is 11.6 Å². The molecule has 8 heteroatoms. The van der Waals surface area contributed by atoms with Crippen molar-refractivity contribution in [3.8, 4) is 11.1 Å². The van der Waals surface area contributed by atoms with Crippen LogP contribution in [0.2, 0.25) is 5.02 Å². The summed E-state index contributed by atoms with van der Waals surface area (Å²) in [5, 5.41) is 4.54. The van der Waals surface area contributed by atoms with Crippen LogP contribution in [0.15, 0.2) is 65.8 Å². The van der Waals surface area contributed by atoms with E-state index in [1.54, 1.807) is 18.6 Å². The number of nitrogens with one attached hydrogen (secondary N) is 3. The third-order valence-corrected chi connectivity index (χ3v) is 6.61. The number of fused-ring (bicyclic) bond motifs is 1. The molecule has 34 heavy (non-hydrogen) atoms. The van der Waals surface area contributed by atoms with Gasteiger partial charge in [-0.3, -0.25) is 9.59 Å². The molecule has 7 nitrogen and oxygen atoms in total. The Kier molecular flexibility index (Phi) is 6.36. The molecule has 1 unspecified atom stereocenters. The summed E-state index contributed by atoms with van der Waals surface area (Å²) >= 11 is 6.34. The summed E-state index contributed by atoms with van der Waals surface area (Å²) in [5.41, 5.74) is 3.95. The number of H-pyrrole nitrogens is 2. The first-order valence-corrected chi connectivity index (χ1v) is 11.9. The zero-order valence-corrected chi connectivity index (χ0v) is 19.4. The first kappa shape index (κ1) is 22.2. The molecule has 3 heterocycles. The van der Waals surface area contributed by atoms with E-state index in [1.165, 1.54) is 0 Å². The van der Waals surface area contributed by atoms with Crippen molar-refractivity contribution in [1.82, 2.24) is 20.3 Å². The van der Waals surface area contributed by atoms with Crippen LogP contribution in [0.25, 0.3) is 22.0 Å². The molecule has 0 bridgehead atoms. The monoisotopic (exact) mass is 475 g/mol. The molecule has 1 saturated heterocycles. The maximum Gasteiger partial charge on any atom is 0.272 e. The highest BCUT2D eigenvalue weighted by Gasteiger charge is 2.29. The highest BCUT2D eigenvalue weighted by atomic mass is 35.5. The van der Waals surface area contributed by atoms with Gasteiger partial charge in [0.1, 0.15) is 5.69 Å². The average Bonchev–Trinajstić information content (AvgIpc) is 3.37. The van der Waals surface area contributed by atoms with Gasteiger partial charge in [0, 0.05) is 59.4 Å². The number of pyridine rings is 1. The summed E-state index contributed by atoms with van der Waals surface area (Å²) in [5.74, 6) is -0.167. The van der Waals surface area contributed by atoms with Gasteiger partial charge in [0.15, 0.2) is 0 Å². The van der Waals surface area contributed by atoms with Crippen molar-refractivity contribution in [2.45, 2.75) is 19.3 Å². The molecule has 1 fully saturated rings. The van der Waals surface area contributed by atoms with Crippen LogP contribution in [0.3, 0.4) is 0 Å². The van der Waals surface area contributed by atoms with Crippen LogP contribution in [-0.2, 0) is 11.2 Å². The average molecular weight is 476 g/mol. The van der Waals surface area contributed by atoms with Crippen LogP contribution in [0.1, 0.15) is 18.5 Å². The van der Waals surface area contributed by atoms with Crippen LogP contribution in [0.5, 0.6) is 0 Å². The molecule has 0 spiro atoms. The van der Waals surface area contributed by atoms with E-state index in [9.17, 15) is 9.59 Å². The molecule has 3 N–H and O–H groups in total. The number of hydrogen-bond donors (Lipinski definition) is 3. The Morgan fingerprint density at radius 3 is 2.85 bits per heavy atom. The minimum atomic E-state index is -0.186. The number of amides is 1. The van der Waals surface area contributed by atoms with E-state index < -0.39 is 0 Å². The molecule has 1 aliphatic heterocycles. The Labute approximate surface area is 202 Å². The third-order valence-electron chi connectivity index (χ3n) is 6.37. The zero-order valence-electron chi connectivity index (χ0n) is 18.7. The molecule has 2 aromatic carbocycles. The maximum absolute atomic E-state index is 13.4. The summed E-state index contributed by atoms with van der Waals surface area (Å²) < 4.78 is 0. The van der Waals surface area contributed by atoms with Gasteiger partial charge in [-0.15, -0.1) is 0 Å². The molecule has 1 aliphatic rings. The van der Waals surface area contributed by atoms with Crippen molar-refractivity contribution in [3.05, 3.63) is 82.1 Å². The van der Waals surface area contributed by atoms with Gasteiger partial charge < -0.3 is 20.2 Å². The van der Waals surface area contributed by atoms with E-state index in [0.29, 0.717) is 36.8 Å². The summed E-state index contributed by atoms with van der Waals surface area (Å²) in [6, 6.07) is 15.4. The number of piperidine rings is 1. The number of hydrogen-bond acceptors (Lipinski definition) is 4. The number of carbonyl (C=O) groups excluding carboxylic acids is 1. The van der Waals surface area contributed by atoms with Gasteiger partial charge in [0.25, 0.3) is 5.56 Å². The second-order valence-corrected chi connectivity index (χ2v) is 9.07. The van der Waals surface area contributed by atoms with E-state index in [1.807, 2.05) is 42.5 Å². The lowest BCUT2D eigenvalue weighted by Gasteiger charge is -2.34. The summed E-state index contributed by atoms with van der Waals surface area (Å²) in [6.07, 6.45) is 5.72. The van der Waals surface area contributed by atoms with Gasteiger partial charge in [-0.05, 0) is 36.6 Å². The van der Waals surface area contributed by atoms with Crippen molar-refractivity contribution in [2.75, 3.05) is 24.5 Å². The molecule has 0 saturated carbocycles. The molecule has 5 rings (SSSR count). The maximum atomic E-state index is 13.4.